The molecule has 2 rings (SSSR count). The van der Waals surface area contributed by atoms with Gasteiger partial charge in [-0.1, -0.05) is 11.6 Å². The van der Waals surface area contributed by atoms with Gasteiger partial charge in [0, 0.05) is 26.2 Å². The normalized spacial score (nSPS) is 15.8. The lowest BCUT2D eigenvalue weighted by atomic mass is 10.2. The van der Waals surface area contributed by atoms with Gasteiger partial charge >= 0.3 is 18.1 Å². The van der Waals surface area contributed by atoms with Crippen molar-refractivity contribution in [3.8, 4) is 0 Å². The van der Waals surface area contributed by atoms with Crippen molar-refractivity contribution >= 4 is 29.2 Å². The molecule has 1 N–H and O–H groups in total. The number of amides is 1. The molecule has 10 heteroatoms. The van der Waals surface area contributed by atoms with Gasteiger partial charge in [-0.25, -0.2) is 4.79 Å². The maximum absolute atomic E-state index is 12.9. The van der Waals surface area contributed by atoms with Crippen LogP contribution in [0.5, 0.6) is 0 Å². The molecule has 138 valence electrons. The van der Waals surface area contributed by atoms with Crippen molar-refractivity contribution in [2.45, 2.75) is 6.18 Å². The van der Waals surface area contributed by atoms with Crippen LogP contribution >= 0.6 is 11.6 Å². The number of hydrogen-bond acceptors (Lipinski definition) is 4. The van der Waals surface area contributed by atoms with Crippen LogP contribution in [0.4, 0.5) is 18.9 Å². The first kappa shape index (κ1) is 19.5. The molecule has 0 spiro atoms. The van der Waals surface area contributed by atoms with E-state index in [4.69, 9.17) is 21.4 Å². The Balaban J connectivity index is 2.24. The van der Waals surface area contributed by atoms with Crippen LogP contribution in [0.2, 0.25) is 5.02 Å². The maximum atomic E-state index is 12.9. The summed E-state index contributed by atoms with van der Waals surface area (Å²) < 4.78 is 44.0. The number of alkyl halides is 3. The number of nitrogens with zero attached hydrogens (tertiary/aromatic N) is 2. The highest BCUT2D eigenvalue weighted by atomic mass is 35.5. The van der Waals surface area contributed by atoms with E-state index in [9.17, 15) is 22.8 Å². The molecule has 0 aromatic heterocycles. The number of aromatic carboxylic acids is 1. The SMILES string of the molecule is O=C(O)c1ccc(N(CCN2CCOCC2)C(=O)C(F)(F)F)c(Cl)c1. The number of rotatable bonds is 5. The van der Waals surface area contributed by atoms with Gasteiger partial charge < -0.3 is 14.7 Å². The number of hydrogen-bond donors (Lipinski definition) is 1. The monoisotopic (exact) mass is 380 g/mol. The molecule has 1 aromatic rings. The lowest BCUT2D eigenvalue weighted by molar-refractivity contribution is -0.170. The predicted octanol–water partition coefficient (Wildman–Crippen LogP) is 2.27. The molecule has 1 amide bonds. The summed E-state index contributed by atoms with van der Waals surface area (Å²) in [5.41, 5.74) is -0.358. The third kappa shape index (κ3) is 5.07. The summed E-state index contributed by atoms with van der Waals surface area (Å²) in [4.78, 5) is 25.1. The minimum absolute atomic E-state index is 0.178. The summed E-state index contributed by atoms with van der Waals surface area (Å²) in [6.45, 7) is 2.04. The number of carboxylic acid groups (broad SMARTS) is 1. The summed E-state index contributed by atoms with van der Waals surface area (Å²) in [6, 6.07) is 3.23. The molecular formula is C15H16ClF3N2O4. The second-order valence-corrected chi connectivity index (χ2v) is 5.79. The Morgan fingerprint density at radius 3 is 2.44 bits per heavy atom. The lowest BCUT2D eigenvalue weighted by Gasteiger charge is -2.30. The first-order valence-corrected chi connectivity index (χ1v) is 7.79. The van der Waals surface area contributed by atoms with E-state index >= 15 is 0 Å². The highest BCUT2D eigenvalue weighted by Gasteiger charge is 2.43. The van der Waals surface area contributed by atoms with Gasteiger partial charge in [-0.2, -0.15) is 13.2 Å². The van der Waals surface area contributed by atoms with Gasteiger partial charge in [-0.3, -0.25) is 9.69 Å². The van der Waals surface area contributed by atoms with E-state index in [2.05, 4.69) is 0 Å². The van der Waals surface area contributed by atoms with Crippen LogP contribution in [0.1, 0.15) is 10.4 Å². The van der Waals surface area contributed by atoms with Crippen molar-refractivity contribution in [1.82, 2.24) is 4.90 Å². The standard InChI is InChI=1S/C15H16ClF3N2O4/c16-11-9-10(13(22)23)1-2-12(11)21(14(24)15(17,18)19)4-3-20-5-7-25-8-6-20/h1-2,9H,3-8H2,(H,22,23). The van der Waals surface area contributed by atoms with E-state index in [0.717, 1.165) is 18.2 Å². The molecule has 1 fully saturated rings. The molecule has 0 unspecified atom stereocenters. The molecule has 0 radical (unpaired) electrons. The van der Waals surface area contributed by atoms with Crippen molar-refractivity contribution in [2.24, 2.45) is 0 Å². The Morgan fingerprint density at radius 1 is 1.28 bits per heavy atom. The molecule has 0 aliphatic carbocycles. The number of anilines is 1. The Hall–Kier alpha value is -1.84. The topological polar surface area (TPSA) is 70.1 Å². The van der Waals surface area contributed by atoms with Crippen LogP contribution in [0.15, 0.2) is 18.2 Å². The maximum Gasteiger partial charge on any atom is 0.471 e. The zero-order chi connectivity index (χ0) is 18.6. The molecule has 1 aliphatic heterocycles. The van der Waals surface area contributed by atoms with Crippen molar-refractivity contribution in [3.63, 3.8) is 0 Å². The van der Waals surface area contributed by atoms with Gasteiger partial charge in [0.15, 0.2) is 0 Å². The molecular weight excluding hydrogens is 365 g/mol. The van der Waals surface area contributed by atoms with Crippen molar-refractivity contribution < 1.29 is 32.6 Å². The van der Waals surface area contributed by atoms with Gasteiger partial charge in [-0.05, 0) is 18.2 Å². The highest BCUT2D eigenvalue weighted by molar-refractivity contribution is 6.34. The van der Waals surface area contributed by atoms with E-state index in [1.807, 2.05) is 4.90 Å². The Morgan fingerprint density at radius 2 is 1.92 bits per heavy atom. The Kier molecular flexibility index (Phi) is 6.26. The zero-order valence-corrected chi connectivity index (χ0v) is 13.8. The minimum atomic E-state index is -5.07. The Bertz CT molecular complexity index is 648. The number of carbonyl (C=O) groups excluding carboxylic acids is 1. The van der Waals surface area contributed by atoms with E-state index in [1.165, 1.54) is 0 Å². The van der Waals surface area contributed by atoms with E-state index in [1.54, 1.807) is 0 Å². The number of carboxylic acids is 1. The van der Waals surface area contributed by atoms with Crippen molar-refractivity contribution in [3.05, 3.63) is 28.8 Å². The number of benzene rings is 1. The summed E-state index contributed by atoms with van der Waals surface area (Å²) in [6.07, 6.45) is -5.07. The second kappa shape index (κ2) is 8.03. The average Bonchev–Trinajstić information content (AvgIpc) is 2.56. The average molecular weight is 381 g/mol. The summed E-state index contributed by atoms with van der Waals surface area (Å²) in [5, 5.41) is 8.68. The van der Waals surface area contributed by atoms with Crippen LogP contribution in [-0.4, -0.2) is 67.5 Å². The van der Waals surface area contributed by atoms with Crippen LogP contribution in [-0.2, 0) is 9.53 Å². The van der Waals surface area contributed by atoms with Crippen molar-refractivity contribution in [2.75, 3.05) is 44.3 Å². The highest BCUT2D eigenvalue weighted by Crippen LogP contribution is 2.30. The number of ether oxygens (including phenoxy) is 1. The fraction of sp³-hybridized carbons (Fsp3) is 0.467. The molecule has 0 saturated carbocycles. The lowest BCUT2D eigenvalue weighted by Crippen LogP contribution is -2.47. The smallest absolute Gasteiger partial charge is 0.471 e. The van der Waals surface area contributed by atoms with Crippen LogP contribution in [0, 0.1) is 0 Å². The predicted molar refractivity (Wildman–Crippen MR) is 84.1 cm³/mol. The first-order chi connectivity index (χ1) is 11.7. The third-order valence-electron chi connectivity index (χ3n) is 3.72. The zero-order valence-electron chi connectivity index (χ0n) is 13.1. The first-order valence-electron chi connectivity index (χ1n) is 7.42. The van der Waals surface area contributed by atoms with Gasteiger partial charge in [0.1, 0.15) is 0 Å². The van der Waals surface area contributed by atoms with E-state index in [0.29, 0.717) is 31.2 Å². The number of carbonyl (C=O) groups is 2. The molecule has 0 bridgehead atoms. The number of halogens is 4. The van der Waals surface area contributed by atoms with Crippen LogP contribution in [0.25, 0.3) is 0 Å². The van der Waals surface area contributed by atoms with Gasteiger partial charge in [0.05, 0.1) is 29.5 Å². The molecule has 1 aliphatic rings. The molecule has 1 saturated heterocycles. The van der Waals surface area contributed by atoms with E-state index in [-0.39, 0.29) is 29.4 Å². The fourth-order valence-electron chi connectivity index (χ4n) is 2.41. The molecule has 25 heavy (non-hydrogen) atoms. The number of morpholine rings is 1. The Labute approximate surface area is 146 Å². The second-order valence-electron chi connectivity index (χ2n) is 5.38. The molecule has 1 heterocycles. The largest absolute Gasteiger partial charge is 0.478 e. The summed E-state index contributed by atoms with van der Waals surface area (Å²) >= 11 is 5.93. The molecule has 0 atom stereocenters. The quantitative estimate of drug-likeness (QED) is 0.848. The minimum Gasteiger partial charge on any atom is -0.478 e. The fourth-order valence-corrected chi connectivity index (χ4v) is 2.69. The van der Waals surface area contributed by atoms with Crippen LogP contribution < -0.4 is 4.90 Å². The van der Waals surface area contributed by atoms with Gasteiger partial charge in [0.2, 0.25) is 0 Å². The molecule has 6 nitrogen and oxygen atoms in total. The van der Waals surface area contributed by atoms with E-state index < -0.39 is 18.1 Å². The summed E-state index contributed by atoms with van der Waals surface area (Å²) in [5.74, 6) is -3.32. The third-order valence-corrected chi connectivity index (χ3v) is 4.02. The van der Waals surface area contributed by atoms with Gasteiger partial charge in [0.25, 0.3) is 0 Å². The molecule has 1 aromatic carbocycles. The van der Waals surface area contributed by atoms with Crippen LogP contribution in [0.3, 0.4) is 0 Å². The van der Waals surface area contributed by atoms with Gasteiger partial charge in [-0.15, -0.1) is 0 Å². The summed E-state index contributed by atoms with van der Waals surface area (Å²) in [7, 11) is 0. The van der Waals surface area contributed by atoms with Crippen molar-refractivity contribution in [1.29, 1.82) is 0 Å².